The summed E-state index contributed by atoms with van der Waals surface area (Å²) < 4.78 is 10.8. The lowest BCUT2D eigenvalue weighted by molar-refractivity contribution is -0.132. The van der Waals surface area contributed by atoms with Crippen molar-refractivity contribution in [3.63, 3.8) is 0 Å². The summed E-state index contributed by atoms with van der Waals surface area (Å²) in [4.78, 5) is 30.7. The Morgan fingerprint density at radius 2 is 1.68 bits per heavy atom. The minimum Gasteiger partial charge on any atom is -0.507 e. The lowest BCUT2D eigenvalue weighted by Crippen LogP contribution is -2.29. The number of aliphatic hydroxyl groups excluding tert-OH is 1. The average Bonchev–Trinajstić information content (AvgIpc) is 3.19. The summed E-state index contributed by atoms with van der Waals surface area (Å²) >= 11 is 6.40. The number of ether oxygens (including phenoxy) is 2. The Labute approximate surface area is 227 Å². The van der Waals surface area contributed by atoms with Crippen LogP contribution in [0.3, 0.4) is 0 Å². The van der Waals surface area contributed by atoms with Crippen LogP contribution in [0.1, 0.15) is 36.6 Å². The van der Waals surface area contributed by atoms with Gasteiger partial charge in [0.1, 0.15) is 17.3 Å². The smallest absolute Gasteiger partial charge is 0.300 e. The van der Waals surface area contributed by atoms with Crippen molar-refractivity contribution >= 4 is 40.4 Å². The monoisotopic (exact) mass is 534 g/mol. The van der Waals surface area contributed by atoms with Crippen LogP contribution in [0.4, 0.5) is 11.4 Å². The molecule has 0 spiro atoms. The first-order valence-electron chi connectivity index (χ1n) is 12.4. The summed E-state index contributed by atoms with van der Waals surface area (Å²) in [6.45, 7) is 7.66. The summed E-state index contributed by atoms with van der Waals surface area (Å²) in [5, 5.41) is 11.9. The number of halogens is 1. The van der Waals surface area contributed by atoms with Crippen LogP contribution in [0, 0.1) is 6.92 Å². The Morgan fingerprint density at radius 3 is 2.29 bits per heavy atom. The first kappa shape index (κ1) is 27.1. The number of carbonyl (C=O) groups excluding carboxylic acids is 2. The van der Waals surface area contributed by atoms with Crippen molar-refractivity contribution in [2.24, 2.45) is 0 Å². The van der Waals surface area contributed by atoms with Gasteiger partial charge in [-0.25, -0.2) is 0 Å². The normalized spacial score (nSPS) is 16.6. The highest BCUT2D eigenvalue weighted by Crippen LogP contribution is 2.45. The van der Waals surface area contributed by atoms with Crippen molar-refractivity contribution in [3.8, 4) is 11.5 Å². The quantitative estimate of drug-likeness (QED) is 0.212. The zero-order valence-corrected chi connectivity index (χ0v) is 22.9. The van der Waals surface area contributed by atoms with E-state index in [9.17, 15) is 14.7 Å². The Kier molecular flexibility index (Phi) is 7.97. The molecule has 1 atom stereocenters. The van der Waals surface area contributed by atoms with Gasteiger partial charge in [-0.05, 0) is 68.3 Å². The lowest BCUT2D eigenvalue weighted by Gasteiger charge is -2.27. The van der Waals surface area contributed by atoms with Gasteiger partial charge in [0.25, 0.3) is 11.7 Å². The molecule has 1 heterocycles. The fourth-order valence-electron chi connectivity index (χ4n) is 4.89. The number of anilines is 2. The molecule has 7 nitrogen and oxygen atoms in total. The van der Waals surface area contributed by atoms with Crippen molar-refractivity contribution < 1.29 is 24.2 Å². The van der Waals surface area contributed by atoms with Crippen LogP contribution in [-0.4, -0.2) is 44.1 Å². The Hall–Kier alpha value is -3.97. The van der Waals surface area contributed by atoms with Crippen LogP contribution in [0.5, 0.6) is 11.5 Å². The maximum absolute atomic E-state index is 13.6. The van der Waals surface area contributed by atoms with Gasteiger partial charge < -0.3 is 19.5 Å². The van der Waals surface area contributed by atoms with E-state index in [4.69, 9.17) is 21.1 Å². The fourth-order valence-corrected chi connectivity index (χ4v) is 5.24. The Bertz CT molecular complexity index is 1400. The highest BCUT2D eigenvalue weighted by Gasteiger charge is 2.47. The number of nitrogens with zero attached hydrogens (tertiary/aromatic N) is 2. The molecule has 1 saturated heterocycles. The number of Topliss-reactive ketones (excluding diaryl/α,β-unsaturated/α-hetero) is 1. The highest BCUT2D eigenvalue weighted by atomic mass is 35.5. The number of hydrogen-bond donors (Lipinski definition) is 1. The molecule has 1 fully saturated rings. The van der Waals surface area contributed by atoms with Gasteiger partial charge in [-0.15, -0.1) is 0 Å². The standard InChI is InChI=1S/C30H31ClN2O5/c1-6-32(7-2)20-13-11-19(12-14-20)26-25(27(34)23-15-18(3)16-24(31)29(23)38-5)28(35)30(36)33(26)21-9-8-10-22(17-21)37-4/h8-17,26,34H,6-7H2,1-5H3/b27-25+. The van der Waals surface area contributed by atoms with Gasteiger partial charge in [0.05, 0.1) is 36.4 Å². The largest absolute Gasteiger partial charge is 0.507 e. The van der Waals surface area contributed by atoms with Crippen LogP contribution in [0.25, 0.3) is 5.76 Å². The summed E-state index contributed by atoms with van der Waals surface area (Å²) in [6.07, 6.45) is 0. The molecule has 0 saturated carbocycles. The molecule has 1 aliphatic heterocycles. The summed E-state index contributed by atoms with van der Waals surface area (Å²) in [5.41, 5.74) is 3.11. The zero-order valence-electron chi connectivity index (χ0n) is 22.1. The van der Waals surface area contributed by atoms with Crippen molar-refractivity contribution in [2.45, 2.75) is 26.8 Å². The molecular formula is C30H31ClN2O5. The number of ketones is 1. The minimum absolute atomic E-state index is 0.0478. The van der Waals surface area contributed by atoms with Crippen LogP contribution in [-0.2, 0) is 9.59 Å². The van der Waals surface area contributed by atoms with Gasteiger partial charge in [0, 0.05) is 30.5 Å². The van der Waals surface area contributed by atoms with E-state index in [0.717, 1.165) is 24.3 Å². The second-order valence-electron chi connectivity index (χ2n) is 8.96. The van der Waals surface area contributed by atoms with Crippen LogP contribution < -0.4 is 19.3 Å². The summed E-state index contributed by atoms with van der Waals surface area (Å²) in [6, 6.07) is 17.1. The maximum atomic E-state index is 13.6. The van der Waals surface area contributed by atoms with E-state index in [2.05, 4.69) is 18.7 Å². The van der Waals surface area contributed by atoms with Crippen LogP contribution in [0.15, 0.2) is 66.2 Å². The highest BCUT2D eigenvalue weighted by molar-refractivity contribution is 6.51. The molecule has 1 amide bonds. The second kappa shape index (κ2) is 11.2. The van der Waals surface area contributed by atoms with E-state index in [1.165, 1.54) is 19.1 Å². The number of benzene rings is 3. The number of carbonyl (C=O) groups is 2. The van der Waals surface area contributed by atoms with Gasteiger partial charge in [-0.2, -0.15) is 0 Å². The van der Waals surface area contributed by atoms with Crippen LogP contribution in [0.2, 0.25) is 5.02 Å². The van der Waals surface area contributed by atoms with Crippen molar-refractivity contribution in [3.05, 3.63) is 87.9 Å². The van der Waals surface area contributed by atoms with E-state index in [1.54, 1.807) is 36.4 Å². The summed E-state index contributed by atoms with van der Waals surface area (Å²) in [7, 11) is 2.97. The molecule has 0 bridgehead atoms. The van der Waals surface area contributed by atoms with E-state index in [0.29, 0.717) is 17.0 Å². The SMILES string of the molecule is CCN(CC)c1ccc(C2/C(=C(\O)c3cc(C)cc(Cl)c3OC)C(=O)C(=O)N2c2cccc(OC)c2)cc1. The molecule has 0 radical (unpaired) electrons. The number of aryl methyl sites for hydroxylation is 1. The molecule has 0 aromatic heterocycles. The molecule has 1 unspecified atom stereocenters. The third-order valence-corrected chi connectivity index (χ3v) is 7.04. The van der Waals surface area contributed by atoms with E-state index in [-0.39, 0.29) is 27.7 Å². The zero-order chi connectivity index (χ0) is 27.6. The van der Waals surface area contributed by atoms with E-state index >= 15 is 0 Å². The van der Waals surface area contributed by atoms with Gasteiger partial charge >= 0.3 is 0 Å². The van der Waals surface area contributed by atoms with Gasteiger partial charge in [-0.3, -0.25) is 14.5 Å². The predicted molar refractivity (Wildman–Crippen MR) is 151 cm³/mol. The van der Waals surface area contributed by atoms with Gasteiger partial charge in [0.15, 0.2) is 0 Å². The third kappa shape index (κ3) is 4.82. The number of hydrogen-bond acceptors (Lipinski definition) is 6. The van der Waals surface area contributed by atoms with Crippen molar-refractivity contribution in [2.75, 3.05) is 37.1 Å². The molecule has 38 heavy (non-hydrogen) atoms. The first-order valence-corrected chi connectivity index (χ1v) is 12.8. The minimum atomic E-state index is -0.892. The third-order valence-electron chi connectivity index (χ3n) is 6.76. The predicted octanol–water partition coefficient (Wildman–Crippen LogP) is 6.14. The van der Waals surface area contributed by atoms with Gasteiger partial charge in [-0.1, -0.05) is 29.8 Å². The van der Waals surface area contributed by atoms with Gasteiger partial charge in [0.2, 0.25) is 0 Å². The van der Waals surface area contributed by atoms with Crippen molar-refractivity contribution in [1.82, 2.24) is 0 Å². The molecule has 1 aliphatic rings. The molecule has 1 N–H and O–H groups in total. The molecule has 198 valence electrons. The molecule has 0 aliphatic carbocycles. The maximum Gasteiger partial charge on any atom is 0.300 e. The number of amides is 1. The Balaban J connectivity index is 1.97. The Morgan fingerprint density at radius 1 is 1.00 bits per heavy atom. The second-order valence-corrected chi connectivity index (χ2v) is 9.37. The van der Waals surface area contributed by atoms with E-state index in [1.807, 2.05) is 31.2 Å². The molecule has 8 heteroatoms. The molecule has 3 aromatic rings. The fraction of sp³-hybridized carbons (Fsp3) is 0.267. The number of aliphatic hydroxyl groups is 1. The topological polar surface area (TPSA) is 79.3 Å². The molecule has 3 aromatic carbocycles. The number of rotatable bonds is 8. The molecular weight excluding hydrogens is 504 g/mol. The van der Waals surface area contributed by atoms with E-state index < -0.39 is 17.7 Å². The summed E-state index contributed by atoms with van der Waals surface area (Å²) in [5.74, 6) is -1.16. The average molecular weight is 535 g/mol. The van der Waals surface area contributed by atoms with Crippen LogP contribution >= 0.6 is 11.6 Å². The lowest BCUT2D eigenvalue weighted by atomic mass is 9.94. The molecule has 4 rings (SSSR count). The first-order chi connectivity index (χ1) is 18.2. The van der Waals surface area contributed by atoms with Crippen molar-refractivity contribution in [1.29, 1.82) is 0 Å². The number of methoxy groups -OCH3 is 2.